The van der Waals surface area contributed by atoms with E-state index in [1.165, 1.54) is 6.92 Å². The average molecular weight is 164 g/mol. The Morgan fingerprint density at radius 3 is 2.00 bits per heavy atom. The third-order valence-corrected chi connectivity index (χ3v) is 0.826. The molecular formula is C6H10ClNO2. The Balaban J connectivity index is 0. The zero-order chi connectivity index (χ0) is 7.44. The second kappa shape index (κ2) is 5.14. The van der Waals surface area contributed by atoms with E-state index in [1.54, 1.807) is 0 Å². The topological polar surface area (TPSA) is 60.2 Å². The van der Waals surface area contributed by atoms with Crippen molar-refractivity contribution in [3.63, 3.8) is 0 Å². The van der Waals surface area contributed by atoms with Crippen LogP contribution in [-0.4, -0.2) is 18.1 Å². The minimum Gasteiger partial charge on any atom is -0.324 e. The molecule has 58 valence electrons. The van der Waals surface area contributed by atoms with E-state index >= 15 is 0 Å². The first-order chi connectivity index (χ1) is 4.09. The fourth-order valence-corrected chi connectivity index (χ4v) is 0.331. The number of carbonyl (C=O) groups is 2. The van der Waals surface area contributed by atoms with Gasteiger partial charge in [0.05, 0.1) is 6.54 Å². The van der Waals surface area contributed by atoms with E-state index in [4.69, 9.17) is 5.73 Å². The smallest absolute Gasteiger partial charge is 0.225 e. The standard InChI is InChI=1S/C6H9NO2.ClH/c1-4(2)6(9)5(8)3-7;/h1,3,7H2,2H3;1H. The molecule has 0 atom stereocenters. The predicted molar refractivity (Wildman–Crippen MR) is 41.1 cm³/mol. The molecule has 10 heavy (non-hydrogen) atoms. The van der Waals surface area contributed by atoms with E-state index in [0.29, 0.717) is 0 Å². The molecule has 0 saturated heterocycles. The number of hydrogen-bond donors (Lipinski definition) is 1. The van der Waals surface area contributed by atoms with Crippen LogP contribution in [0.15, 0.2) is 12.2 Å². The molecule has 0 saturated carbocycles. The van der Waals surface area contributed by atoms with Crippen molar-refractivity contribution in [2.45, 2.75) is 6.92 Å². The number of rotatable bonds is 3. The Kier molecular flexibility index (Phi) is 6.20. The molecule has 4 heteroatoms. The van der Waals surface area contributed by atoms with Gasteiger partial charge in [-0.1, -0.05) is 6.58 Å². The fourth-order valence-electron chi connectivity index (χ4n) is 0.331. The van der Waals surface area contributed by atoms with Gasteiger partial charge in [-0.25, -0.2) is 0 Å². The molecule has 0 spiro atoms. The normalized spacial score (nSPS) is 7.80. The van der Waals surface area contributed by atoms with Gasteiger partial charge in [0.1, 0.15) is 0 Å². The second-order valence-electron chi connectivity index (χ2n) is 1.74. The van der Waals surface area contributed by atoms with Crippen molar-refractivity contribution in [1.29, 1.82) is 0 Å². The minimum atomic E-state index is -0.581. The van der Waals surface area contributed by atoms with Crippen LogP contribution in [0.4, 0.5) is 0 Å². The van der Waals surface area contributed by atoms with Crippen LogP contribution in [0.5, 0.6) is 0 Å². The summed E-state index contributed by atoms with van der Waals surface area (Å²) in [5.74, 6) is -1.15. The molecule has 0 aromatic heterocycles. The zero-order valence-electron chi connectivity index (χ0n) is 5.72. The van der Waals surface area contributed by atoms with Gasteiger partial charge in [0, 0.05) is 0 Å². The summed E-state index contributed by atoms with van der Waals surface area (Å²) in [4.78, 5) is 21.0. The van der Waals surface area contributed by atoms with Crippen LogP contribution in [0.2, 0.25) is 0 Å². The Morgan fingerprint density at radius 2 is 1.90 bits per heavy atom. The van der Waals surface area contributed by atoms with Gasteiger partial charge in [0.15, 0.2) is 0 Å². The van der Waals surface area contributed by atoms with E-state index in [-0.39, 0.29) is 24.5 Å². The molecule has 0 aromatic rings. The van der Waals surface area contributed by atoms with Crippen molar-refractivity contribution in [3.8, 4) is 0 Å². The maximum atomic E-state index is 10.5. The number of nitrogens with two attached hydrogens (primary N) is 1. The van der Waals surface area contributed by atoms with Gasteiger partial charge in [-0.2, -0.15) is 0 Å². The summed E-state index contributed by atoms with van der Waals surface area (Å²) >= 11 is 0. The molecule has 0 aliphatic heterocycles. The van der Waals surface area contributed by atoms with Crippen molar-refractivity contribution >= 4 is 24.0 Å². The van der Waals surface area contributed by atoms with Gasteiger partial charge in [0.2, 0.25) is 11.6 Å². The number of hydrogen-bond acceptors (Lipinski definition) is 3. The Hall–Kier alpha value is -0.670. The molecule has 0 aliphatic carbocycles. The molecule has 3 nitrogen and oxygen atoms in total. The molecule has 0 aliphatic rings. The number of carbonyl (C=O) groups excluding carboxylic acids is 2. The summed E-state index contributed by atoms with van der Waals surface area (Å²) < 4.78 is 0. The van der Waals surface area contributed by atoms with Crippen LogP contribution >= 0.6 is 12.4 Å². The van der Waals surface area contributed by atoms with E-state index in [2.05, 4.69) is 6.58 Å². The highest BCUT2D eigenvalue weighted by Gasteiger charge is 2.10. The minimum absolute atomic E-state index is 0. The van der Waals surface area contributed by atoms with Crippen LogP contribution in [-0.2, 0) is 9.59 Å². The highest BCUT2D eigenvalue weighted by Crippen LogP contribution is 1.88. The predicted octanol–water partition coefficient (Wildman–Crippen LogP) is 0.0812. The highest BCUT2D eigenvalue weighted by atomic mass is 35.5. The van der Waals surface area contributed by atoms with E-state index in [1.807, 2.05) is 0 Å². The van der Waals surface area contributed by atoms with Crippen molar-refractivity contribution in [2.24, 2.45) is 5.73 Å². The Labute approximate surface area is 65.7 Å². The van der Waals surface area contributed by atoms with Gasteiger partial charge >= 0.3 is 0 Å². The third-order valence-electron chi connectivity index (χ3n) is 0.826. The van der Waals surface area contributed by atoms with Crippen molar-refractivity contribution in [3.05, 3.63) is 12.2 Å². The summed E-state index contributed by atoms with van der Waals surface area (Å²) in [5.41, 5.74) is 5.14. The quantitative estimate of drug-likeness (QED) is 0.474. The van der Waals surface area contributed by atoms with Gasteiger partial charge in [-0.15, -0.1) is 12.4 Å². The summed E-state index contributed by atoms with van der Waals surface area (Å²) in [5, 5.41) is 0. The molecule has 0 unspecified atom stereocenters. The van der Waals surface area contributed by atoms with Crippen molar-refractivity contribution in [2.75, 3.05) is 6.54 Å². The van der Waals surface area contributed by atoms with Crippen LogP contribution < -0.4 is 5.73 Å². The first-order valence-electron chi connectivity index (χ1n) is 2.52. The molecule has 0 heterocycles. The summed E-state index contributed by atoms with van der Waals surface area (Å²) in [7, 11) is 0. The average Bonchev–Trinajstić information content (AvgIpc) is 1.84. The first kappa shape index (κ1) is 12.0. The van der Waals surface area contributed by atoms with Crippen LogP contribution in [0, 0.1) is 0 Å². The number of Topliss-reactive ketones (excluding diaryl/α,β-unsaturated/α-hetero) is 2. The summed E-state index contributed by atoms with van der Waals surface area (Å²) in [6.07, 6.45) is 0. The summed E-state index contributed by atoms with van der Waals surface area (Å²) in [6, 6.07) is 0. The molecule has 0 bridgehead atoms. The molecule has 0 aromatic carbocycles. The van der Waals surface area contributed by atoms with Gasteiger partial charge in [-0.3, -0.25) is 9.59 Å². The van der Waals surface area contributed by atoms with Gasteiger partial charge < -0.3 is 5.73 Å². The molecule has 0 amide bonds. The van der Waals surface area contributed by atoms with E-state index in [9.17, 15) is 9.59 Å². The first-order valence-corrected chi connectivity index (χ1v) is 2.52. The van der Waals surface area contributed by atoms with Crippen LogP contribution in [0.3, 0.4) is 0 Å². The third kappa shape index (κ3) is 3.37. The lowest BCUT2D eigenvalue weighted by Crippen LogP contribution is -2.23. The molecular weight excluding hydrogens is 154 g/mol. The maximum Gasteiger partial charge on any atom is 0.225 e. The lowest BCUT2D eigenvalue weighted by atomic mass is 10.1. The SMILES string of the molecule is C=C(C)C(=O)C(=O)CN.Cl. The van der Waals surface area contributed by atoms with E-state index in [0.717, 1.165) is 0 Å². The van der Waals surface area contributed by atoms with Crippen molar-refractivity contribution < 1.29 is 9.59 Å². The number of ketones is 2. The Morgan fingerprint density at radius 1 is 1.50 bits per heavy atom. The number of allylic oxidation sites excluding steroid dienone is 1. The van der Waals surface area contributed by atoms with E-state index < -0.39 is 11.6 Å². The van der Waals surface area contributed by atoms with Crippen molar-refractivity contribution in [1.82, 2.24) is 0 Å². The maximum absolute atomic E-state index is 10.5. The van der Waals surface area contributed by atoms with Crippen LogP contribution in [0.25, 0.3) is 0 Å². The second-order valence-corrected chi connectivity index (χ2v) is 1.74. The zero-order valence-corrected chi connectivity index (χ0v) is 6.53. The molecule has 2 N–H and O–H groups in total. The molecule has 0 radical (unpaired) electrons. The van der Waals surface area contributed by atoms with Gasteiger partial charge in [0.25, 0.3) is 0 Å². The monoisotopic (exact) mass is 163 g/mol. The Bertz CT molecular complexity index is 165. The fraction of sp³-hybridized carbons (Fsp3) is 0.333. The number of halogens is 1. The summed E-state index contributed by atoms with van der Waals surface area (Å²) in [6.45, 7) is 4.55. The largest absolute Gasteiger partial charge is 0.324 e. The molecule has 0 fully saturated rings. The lowest BCUT2D eigenvalue weighted by Gasteiger charge is -1.91. The lowest BCUT2D eigenvalue weighted by molar-refractivity contribution is -0.133. The van der Waals surface area contributed by atoms with Gasteiger partial charge in [-0.05, 0) is 12.5 Å². The molecule has 0 rings (SSSR count). The van der Waals surface area contributed by atoms with Crippen LogP contribution in [0.1, 0.15) is 6.92 Å². The highest BCUT2D eigenvalue weighted by molar-refractivity contribution is 6.43.